The minimum atomic E-state index is 0.292. The van der Waals surface area contributed by atoms with E-state index in [1.807, 2.05) is 12.1 Å². The van der Waals surface area contributed by atoms with Crippen molar-refractivity contribution in [1.82, 2.24) is 19.7 Å². The number of hydrogen-bond acceptors (Lipinski definition) is 6. The standard InChI is InChI=1S/C18H26N4O2S/c1-4-22-17(14-5-7-19-8-6-14)20-21-18(22)25-12-13-9-15(23-2)11-16(10-13)24-3/h5-8,13,15-16H,4,9-12H2,1-3H3. The number of rotatable bonds is 7. The Morgan fingerprint density at radius 3 is 2.36 bits per heavy atom. The van der Waals surface area contributed by atoms with Gasteiger partial charge in [-0.1, -0.05) is 11.8 Å². The van der Waals surface area contributed by atoms with E-state index in [2.05, 4.69) is 26.7 Å². The van der Waals surface area contributed by atoms with E-state index in [4.69, 9.17) is 9.47 Å². The smallest absolute Gasteiger partial charge is 0.191 e. The van der Waals surface area contributed by atoms with Crippen molar-refractivity contribution < 1.29 is 9.47 Å². The van der Waals surface area contributed by atoms with Gasteiger partial charge in [-0.05, 0) is 44.2 Å². The largest absolute Gasteiger partial charge is 0.381 e. The Hall–Kier alpha value is -1.44. The minimum Gasteiger partial charge on any atom is -0.381 e. The molecule has 2 aromatic heterocycles. The van der Waals surface area contributed by atoms with Gasteiger partial charge in [-0.25, -0.2) is 0 Å². The van der Waals surface area contributed by atoms with Crippen LogP contribution in [0.1, 0.15) is 26.2 Å². The van der Waals surface area contributed by atoms with Crippen LogP contribution in [-0.2, 0) is 16.0 Å². The first-order valence-electron chi connectivity index (χ1n) is 8.77. The summed E-state index contributed by atoms with van der Waals surface area (Å²) >= 11 is 1.78. The first-order valence-corrected chi connectivity index (χ1v) is 9.75. The zero-order chi connectivity index (χ0) is 17.6. The van der Waals surface area contributed by atoms with Gasteiger partial charge < -0.3 is 14.0 Å². The molecule has 1 saturated carbocycles. The lowest BCUT2D eigenvalue weighted by atomic mass is 9.86. The van der Waals surface area contributed by atoms with Crippen molar-refractivity contribution in [3.05, 3.63) is 24.5 Å². The molecule has 25 heavy (non-hydrogen) atoms. The molecule has 136 valence electrons. The predicted octanol–water partition coefficient (Wildman–Crippen LogP) is 3.28. The van der Waals surface area contributed by atoms with E-state index in [0.29, 0.717) is 18.1 Å². The number of thioether (sulfide) groups is 1. The monoisotopic (exact) mass is 362 g/mol. The Balaban J connectivity index is 1.68. The molecule has 0 aliphatic heterocycles. The van der Waals surface area contributed by atoms with Crippen LogP contribution in [0.4, 0.5) is 0 Å². The molecule has 2 heterocycles. The topological polar surface area (TPSA) is 62.1 Å². The number of hydrogen-bond donors (Lipinski definition) is 0. The second kappa shape index (κ2) is 8.78. The summed E-state index contributed by atoms with van der Waals surface area (Å²) in [6, 6.07) is 3.94. The van der Waals surface area contributed by atoms with Gasteiger partial charge in [0.2, 0.25) is 0 Å². The predicted molar refractivity (Wildman–Crippen MR) is 98.6 cm³/mol. The summed E-state index contributed by atoms with van der Waals surface area (Å²) in [4.78, 5) is 4.07. The minimum absolute atomic E-state index is 0.292. The van der Waals surface area contributed by atoms with Crippen molar-refractivity contribution in [2.75, 3.05) is 20.0 Å². The van der Waals surface area contributed by atoms with Gasteiger partial charge in [0.1, 0.15) is 0 Å². The normalized spacial score (nSPS) is 23.7. The number of pyridine rings is 1. The molecule has 1 fully saturated rings. The third-order valence-corrected chi connectivity index (χ3v) is 6.00. The fraction of sp³-hybridized carbons (Fsp3) is 0.611. The SMILES string of the molecule is CCn1c(SCC2CC(OC)CC(OC)C2)nnc1-c1ccncc1. The summed E-state index contributed by atoms with van der Waals surface area (Å²) in [5.41, 5.74) is 1.05. The molecule has 0 saturated heterocycles. The Kier molecular flexibility index (Phi) is 6.45. The second-order valence-corrected chi connectivity index (χ2v) is 7.37. The van der Waals surface area contributed by atoms with Crippen LogP contribution < -0.4 is 0 Å². The maximum atomic E-state index is 5.58. The number of aromatic nitrogens is 4. The molecule has 2 aromatic rings. The van der Waals surface area contributed by atoms with Gasteiger partial charge in [0.25, 0.3) is 0 Å². The Labute approximate surface area is 153 Å². The van der Waals surface area contributed by atoms with Crippen LogP contribution in [0.5, 0.6) is 0 Å². The lowest BCUT2D eigenvalue weighted by Crippen LogP contribution is -2.33. The molecule has 1 aliphatic rings. The zero-order valence-corrected chi connectivity index (χ0v) is 15.9. The molecule has 7 heteroatoms. The lowest BCUT2D eigenvalue weighted by Gasteiger charge is -2.33. The van der Waals surface area contributed by atoms with Crippen LogP contribution in [0.15, 0.2) is 29.7 Å². The van der Waals surface area contributed by atoms with E-state index in [0.717, 1.165) is 48.1 Å². The third-order valence-electron chi connectivity index (χ3n) is 4.80. The van der Waals surface area contributed by atoms with Gasteiger partial charge in [-0.2, -0.15) is 0 Å². The van der Waals surface area contributed by atoms with Gasteiger partial charge in [0.15, 0.2) is 11.0 Å². The Bertz CT molecular complexity index is 652. The van der Waals surface area contributed by atoms with Crippen molar-refractivity contribution in [1.29, 1.82) is 0 Å². The number of nitrogens with zero attached hydrogens (tertiary/aromatic N) is 4. The van der Waals surface area contributed by atoms with Crippen molar-refractivity contribution in [3.63, 3.8) is 0 Å². The summed E-state index contributed by atoms with van der Waals surface area (Å²) in [6.45, 7) is 2.97. The molecule has 3 rings (SSSR count). The van der Waals surface area contributed by atoms with Crippen LogP contribution in [0, 0.1) is 5.92 Å². The van der Waals surface area contributed by atoms with E-state index in [1.54, 1.807) is 38.4 Å². The highest BCUT2D eigenvalue weighted by molar-refractivity contribution is 7.99. The first-order chi connectivity index (χ1) is 12.2. The molecule has 0 spiro atoms. The maximum absolute atomic E-state index is 5.58. The molecule has 6 nitrogen and oxygen atoms in total. The number of ether oxygens (including phenoxy) is 2. The molecule has 2 unspecified atom stereocenters. The van der Waals surface area contributed by atoms with Gasteiger partial charge in [0.05, 0.1) is 12.2 Å². The fourth-order valence-corrected chi connectivity index (χ4v) is 4.56. The fourth-order valence-electron chi connectivity index (χ4n) is 3.43. The van der Waals surface area contributed by atoms with Crippen LogP contribution in [-0.4, -0.2) is 51.9 Å². The first kappa shape index (κ1) is 18.4. The molecule has 0 aromatic carbocycles. The highest BCUT2D eigenvalue weighted by Crippen LogP contribution is 2.33. The molecular weight excluding hydrogens is 336 g/mol. The van der Waals surface area contributed by atoms with Crippen molar-refractivity contribution in [2.45, 2.75) is 50.1 Å². The third kappa shape index (κ3) is 4.40. The van der Waals surface area contributed by atoms with E-state index in [1.165, 1.54) is 0 Å². The summed E-state index contributed by atoms with van der Waals surface area (Å²) in [6.07, 6.45) is 7.32. The second-order valence-electron chi connectivity index (χ2n) is 6.39. The van der Waals surface area contributed by atoms with Crippen LogP contribution >= 0.6 is 11.8 Å². The maximum Gasteiger partial charge on any atom is 0.191 e. The van der Waals surface area contributed by atoms with Gasteiger partial charge in [-0.3, -0.25) is 4.98 Å². The van der Waals surface area contributed by atoms with E-state index in [-0.39, 0.29) is 0 Å². The van der Waals surface area contributed by atoms with E-state index < -0.39 is 0 Å². The Morgan fingerprint density at radius 2 is 1.76 bits per heavy atom. The number of methoxy groups -OCH3 is 2. The van der Waals surface area contributed by atoms with Crippen LogP contribution in [0.3, 0.4) is 0 Å². The summed E-state index contributed by atoms with van der Waals surface area (Å²) < 4.78 is 13.3. The molecule has 2 atom stereocenters. The van der Waals surface area contributed by atoms with Crippen LogP contribution in [0.25, 0.3) is 11.4 Å². The summed E-state index contributed by atoms with van der Waals surface area (Å²) in [5, 5.41) is 9.79. The van der Waals surface area contributed by atoms with Gasteiger partial charge in [-0.15, -0.1) is 10.2 Å². The van der Waals surface area contributed by atoms with Gasteiger partial charge >= 0.3 is 0 Å². The van der Waals surface area contributed by atoms with Crippen LogP contribution in [0.2, 0.25) is 0 Å². The van der Waals surface area contributed by atoms with E-state index >= 15 is 0 Å². The molecule has 1 aliphatic carbocycles. The molecular formula is C18H26N4O2S. The van der Waals surface area contributed by atoms with Crippen molar-refractivity contribution >= 4 is 11.8 Å². The molecule has 0 bridgehead atoms. The average molecular weight is 362 g/mol. The highest BCUT2D eigenvalue weighted by Gasteiger charge is 2.29. The van der Waals surface area contributed by atoms with Gasteiger partial charge in [0, 0.05) is 44.5 Å². The summed E-state index contributed by atoms with van der Waals surface area (Å²) in [5.74, 6) is 2.48. The average Bonchev–Trinajstić information content (AvgIpc) is 3.09. The summed E-state index contributed by atoms with van der Waals surface area (Å²) in [7, 11) is 3.59. The Morgan fingerprint density at radius 1 is 1.08 bits per heavy atom. The quantitative estimate of drug-likeness (QED) is 0.705. The molecule has 0 N–H and O–H groups in total. The lowest BCUT2D eigenvalue weighted by molar-refractivity contribution is -0.0256. The molecule has 0 amide bonds. The highest BCUT2D eigenvalue weighted by atomic mass is 32.2. The van der Waals surface area contributed by atoms with E-state index in [9.17, 15) is 0 Å². The van der Waals surface area contributed by atoms with Crippen molar-refractivity contribution in [2.24, 2.45) is 5.92 Å². The molecule has 0 radical (unpaired) electrons. The van der Waals surface area contributed by atoms with Crippen molar-refractivity contribution in [3.8, 4) is 11.4 Å². The zero-order valence-electron chi connectivity index (χ0n) is 15.1.